The second-order valence-electron chi connectivity index (χ2n) is 17.4. The highest BCUT2D eigenvalue weighted by atomic mass is 16.6. The summed E-state index contributed by atoms with van der Waals surface area (Å²) >= 11 is 0. The zero-order chi connectivity index (χ0) is 42.3. The maximum atomic E-state index is 12.8. The number of carbonyl (C=O) groups excluding carboxylic acids is 3. The molecule has 0 aromatic carbocycles. The molecule has 1 unspecified atom stereocenters. The van der Waals surface area contributed by atoms with Crippen molar-refractivity contribution >= 4 is 17.9 Å². The Morgan fingerprint density at radius 1 is 0.328 bits per heavy atom. The molecule has 58 heavy (non-hydrogen) atoms. The lowest BCUT2D eigenvalue weighted by Crippen LogP contribution is -2.30. The van der Waals surface area contributed by atoms with Gasteiger partial charge in [-0.15, -0.1) is 0 Å². The fourth-order valence-electron chi connectivity index (χ4n) is 7.61. The maximum absolute atomic E-state index is 12.8. The van der Waals surface area contributed by atoms with Crippen LogP contribution < -0.4 is 0 Å². The van der Waals surface area contributed by atoms with Crippen molar-refractivity contribution in [1.29, 1.82) is 0 Å². The van der Waals surface area contributed by atoms with E-state index < -0.39 is 6.10 Å². The van der Waals surface area contributed by atoms with E-state index in [1.165, 1.54) is 186 Å². The standard InChI is InChI=1S/C52H98O6/c1-4-7-10-13-16-19-22-24-25-26-27-28-31-34-37-40-43-46-52(55)58-49(47-56-50(53)44-41-38-35-32-29-21-18-15-12-9-6-3)48-57-51(54)45-42-39-36-33-30-23-20-17-14-11-8-5-2/h24-25,49H,4-23,26-48H2,1-3H3. The van der Waals surface area contributed by atoms with Crippen LogP contribution in [0.2, 0.25) is 0 Å². The van der Waals surface area contributed by atoms with Crippen molar-refractivity contribution < 1.29 is 28.6 Å². The first-order valence-electron chi connectivity index (χ1n) is 25.7. The summed E-state index contributed by atoms with van der Waals surface area (Å²) in [7, 11) is 0. The van der Waals surface area contributed by atoms with Crippen molar-refractivity contribution in [3.63, 3.8) is 0 Å². The van der Waals surface area contributed by atoms with E-state index in [2.05, 4.69) is 32.9 Å². The Hall–Kier alpha value is -1.85. The van der Waals surface area contributed by atoms with Crippen molar-refractivity contribution in [2.24, 2.45) is 0 Å². The molecule has 1 atom stereocenters. The summed E-state index contributed by atoms with van der Waals surface area (Å²) < 4.78 is 16.8. The van der Waals surface area contributed by atoms with E-state index in [4.69, 9.17) is 14.2 Å². The van der Waals surface area contributed by atoms with Crippen molar-refractivity contribution in [2.75, 3.05) is 13.2 Å². The Morgan fingerprint density at radius 3 is 0.862 bits per heavy atom. The fourth-order valence-corrected chi connectivity index (χ4v) is 7.61. The van der Waals surface area contributed by atoms with Gasteiger partial charge < -0.3 is 14.2 Å². The van der Waals surface area contributed by atoms with Crippen LogP contribution in [0.25, 0.3) is 0 Å². The van der Waals surface area contributed by atoms with Crippen molar-refractivity contribution in [3.8, 4) is 0 Å². The van der Waals surface area contributed by atoms with E-state index in [0.29, 0.717) is 19.3 Å². The second-order valence-corrected chi connectivity index (χ2v) is 17.4. The molecule has 0 radical (unpaired) electrons. The lowest BCUT2D eigenvalue weighted by molar-refractivity contribution is -0.167. The number of ether oxygens (including phenoxy) is 3. The van der Waals surface area contributed by atoms with E-state index >= 15 is 0 Å². The predicted octanol–water partition coefficient (Wildman–Crippen LogP) is 16.6. The summed E-state index contributed by atoms with van der Waals surface area (Å²) in [6.07, 6.45) is 51.9. The van der Waals surface area contributed by atoms with Crippen LogP contribution in [-0.4, -0.2) is 37.2 Å². The van der Waals surface area contributed by atoms with Gasteiger partial charge in [-0.2, -0.15) is 0 Å². The minimum Gasteiger partial charge on any atom is -0.462 e. The molecule has 0 rings (SSSR count). The van der Waals surface area contributed by atoms with Gasteiger partial charge in [-0.25, -0.2) is 0 Å². The molecule has 6 nitrogen and oxygen atoms in total. The molecule has 0 aliphatic heterocycles. The molecular weight excluding hydrogens is 721 g/mol. The number of unbranched alkanes of at least 4 members (excludes halogenated alkanes) is 34. The number of allylic oxidation sites excluding steroid dienone is 2. The van der Waals surface area contributed by atoms with Crippen LogP contribution in [-0.2, 0) is 28.6 Å². The number of carbonyl (C=O) groups is 3. The molecule has 0 aromatic heterocycles. The van der Waals surface area contributed by atoms with Gasteiger partial charge in [0.25, 0.3) is 0 Å². The summed E-state index contributed by atoms with van der Waals surface area (Å²) in [6.45, 7) is 6.65. The Labute approximate surface area is 360 Å². The number of hydrogen-bond donors (Lipinski definition) is 0. The van der Waals surface area contributed by atoms with Gasteiger partial charge in [0, 0.05) is 19.3 Å². The lowest BCUT2D eigenvalue weighted by Gasteiger charge is -2.18. The Balaban J connectivity index is 4.31. The normalized spacial score (nSPS) is 12.0. The largest absolute Gasteiger partial charge is 0.462 e. The first-order chi connectivity index (χ1) is 28.5. The molecule has 0 bridgehead atoms. The van der Waals surface area contributed by atoms with Crippen LogP contribution in [0, 0.1) is 0 Å². The van der Waals surface area contributed by atoms with Crippen LogP contribution in [0.15, 0.2) is 12.2 Å². The van der Waals surface area contributed by atoms with E-state index in [1.807, 2.05) is 0 Å². The smallest absolute Gasteiger partial charge is 0.306 e. The van der Waals surface area contributed by atoms with Gasteiger partial charge in [-0.1, -0.05) is 232 Å². The maximum Gasteiger partial charge on any atom is 0.306 e. The quantitative estimate of drug-likeness (QED) is 0.0263. The van der Waals surface area contributed by atoms with Crippen molar-refractivity contribution in [3.05, 3.63) is 12.2 Å². The Bertz CT molecular complexity index is 900. The third-order valence-corrected chi connectivity index (χ3v) is 11.5. The number of rotatable bonds is 47. The molecule has 0 spiro atoms. The molecule has 0 aliphatic carbocycles. The van der Waals surface area contributed by atoms with Crippen LogP contribution in [0.4, 0.5) is 0 Å². The molecule has 0 saturated carbocycles. The van der Waals surface area contributed by atoms with Gasteiger partial charge in [0.2, 0.25) is 0 Å². The minimum atomic E-state index is -0.764. The molecule has 0 fully saturated rings. The van der Waals surface area contributed by atoms with E-state index in [9.17, 15) is 14.4 Å². The van der Waals surface area contributed by atoms with Crippen molar-refractivity contribution in [2.45, 2.75) is 290 Å². The first kappa shape index (κ1) is 56.1. The molecule has 0 N–H and O–H groups in total. The topological polar surface area (TPSA) is 78.9 Å². The monoisotopic (exact) mass is 819 g/mol. The van der Waals surface area contributed by atoms with Gasteiger partial charge >= 0.3 is 17.9 Å². The molecule has 0 aliphatic rings. The molecule has 0 aromatic rings. The van der Waals surface area contributed by atoms with E-state index in [1.54, 1.807) is 0 Å². The highest BCUT2D eigenvalue weighted by Gasteiger charge is 2.19. The Morgan fingerprint density at radius 2 is 0.569 bits per heavy atom. The molecule has 0 amide bonds. The van der Waals surface area contributed by atoms with Crippen LogP contribution in [0.1, 0.15) is 284 Å². The van der Waals surface area contributed by atoms with Gasteiger partial charge in [-0.05, 0) is 44.9 Å². The zero-order valence-corrected chi connectivity index (χ0v) is 39.1. The minimum absolute atomic E-state index is 0.0667. The average Bonchev–Trinajstić information content (AvgIpc) is 3.22. The highest BCUT2D eigenvalue weighted by molar-refractivity contribution is 5.71. The van der Waals surface area contributed by atoms with E-state index in [-0.39, 0.29) is 31.1 Å². The van der Waals surface area contributed by atoms with Crippen LogP contribution >= 0.6 is 0 Å². The molecule has 6 heteroatoms. The number of esters is 3. The van der Waals surface area contributed by atoms with Gasteiger partial charge in [0.15, 0.2) is 6.10 Å². The zero-order valence-electron chi connectivity index (χ0n) is 39.1. The second kappa shape index (κ2) is 47.8. The summed E-state index contributed by atoms with van der Waals surface area (Å²) in [6, 6.07) is 0. The summed E-state index contributed by atoms with van der Waals surface area (Å²) in [5.41, 5.74) is 0. The first-order valence-corrected chi connectivity index (χ1v) is 25.7. The molecule has 0 saturated heterocycles. The Kier molecular flexibility index (Phi) is 46.3. The lowest BCUT2D eigenvalue weighted by atomic mass is 10.0. The van der Waals surface area contributed by atoms with Crippen LogP contribution in [0.5, 0.6) is 0 Å². The van der Waals surface area contributed by atoms with E-state index in [0.717, 1.165) is 57.8 Å². The molecule has 342 valence electrons. The predicted molar refractivity (Wildman–Crippen MR) is 247 cm³/mol. The van der Waals surface area contributed by atoms with Gasteiger partial charge in [0.1, 0.15) is 13.2 Å². The fraction of sp³-hybridized carbons (Fsp3) is 0.904. The molecule has 0 heterocycles. The van der Waals surface area contributed by atoms with Gasteiger partial charge in [-0.3, -0.25) is 14.4 Å². The summed E-state index contributed by atoms with van der Waals surface area (Å²) in [4.78, 5) is 37.9. The average molecular weight is 819 g/mol. The SMILES string of the molecule is CCCCCCCCC=CCCCCCCCCCC(=O)OC(COC(=O)CCCCCCCCCCCCC)COC(=O)CCCCCCCCCCCCCC. The summed E-state index contributed by atoms with van der Waals surface area (Å²) in [5.74, 6) is -0.857. The third-order valence-electron chi connectivity index (χ3n) is 11.5. The highest BCUT2D eigenvalue weighted by Crippen LogP contribution is 2.16. The molecular formula is C52H98O6. The van der Waals surface area contributed by atoms with Crippen molar-refractivity contribution in [1.82, 2.24) is 0 Å². The number of hydrogen-bond acceptors (Lipinski definition) is 6. The van der Waals surface area contributed by atoms with Gasteiger partial charge in [0.05, 0.1) is 0 Å². The van der Waals surface area contributed by atoms with Crippen LogP contribution in [0.3, 0.4) is 0 Å². The summed E-state index contributed by atoms with van der Waals surface area (Å²) in [5, 5.41) is 0. The third kappa shape index (κ3) is 45.2.